The zero-order valence-corrected chi connectivity index (χ0v) is 16.9. The molecule has 28 heavy (non-hydrogen) atoms. The molecule has 1 unspecified atom stereocenters. The van der Waals surface area contributed by atoms with E-state index in [4.69, 9.17) is 4.74 Å². The van der Waals surface area contributed by atoms with Crippen molar-refractivity contribution < 1.29 is 9.53 Å². The number of nitrogens with one attached hydrogen (secondary N) is 1. The van der Waals surface area contributed by atoms with Gasteiger partial charge in [0.05, 0.1) is 12.2 Å². The van der Waals surface area contributed by atoms with Gasteiger partial charge in [0.1, 0.15) is 5.75 Å². The Kier molecular flexibility index (Phi) is 5.76. The van der Waals surface area contributed by atoms with Crippen molar-refractivity contribution in [2.24, 2.45) is 5.92 Å². The number of piperidine rings is 1. The molecule has 2 aromatic carbocycles. The molecule has 0 radical (unpaired) electrons. The van der Waals surface area contributed by atoms with Gasteiger partial charge in [-0.3, -0.25) is 4.79 Å². The standard InChI is InChI=1S/C22H25N3O2S/c1-2-27-19-10-9-17-7-3-4-8-18(17)20(19)21(26)24-14-16-6-5-12-25(15-16)22-23-11-13-28-22/h3-4,7-11,13,16H,2,5-6,12,14-15H2,1H3,(H,24,26). The monoisotopic (exact) mass is 395 g/mol. The quantitative estimate of drug-likeness (QED) is 0.674. The molecule has 1 aliphatic heterocycles. The molecule has 1 saturated heterocycles. The van der Waals surface area contributed by atoms with Gasteiger partial charge >= 0.3 is 0 Å². The fourth-order valence-corrected chi connectivity index (χ4v) is 4.54. The molecular weight excluding hydrogens is 370 g/mol. The van der Waals surface area contributed by atoms with Crippen molar-refractivity contribution in [3.05, 3.63) is 53.5 Å². The number of ether oxygens (including phenoxy) is 1. The molecule has 0 aliphatic carbocycles. The summed E-state index contributed by atoms with van der Waals surface area (Å²) in [5.74, 6) is 1.01. The number of aromatic nitrogens is 1. The van der Waals surface area contributed by atoms with E-state index in [1.165, 1.54) is 0 Å². The number of thiazole rings is 1. The molecule has 1 aromatic heterocycles. The maximum Gasteiger partial charge on any atom is 0.255 e. The number of hydrogen-bond acceptors (Lipinski definition) is 5. The molecule has 3 aromatic rings. The third kappa shape index (κ3) is 3.97. The number of benzene rings is 2. The van der Waals surface area contributed by atoms with Crippen molar-refractivity contribution in [1.29, 1.82) is 0 Å². The van der Waals surface area contributed by atoms with Gasteiger partial charge in [-0.25, -0.2) is 4.98 Å². The molecule has 2 heterocycles. The second kappa shape index (κ2) is 8.61. The first-order chi connectivity index (χ1) is 13.8. The number of carbonyl (C=O) groups is 1. The number of fused-ring (bicyclic) bond motifs is 1. The van der Waals surface area contributed by atoms with Crippen LogP contribution in [0.4, 0.5) is 5.13 Å². The summed E-state index contributed by atoms with van der Waals surface area (Å²) in [6.45, 7) is 5.10. The number of rotatable bonds is 6. The second-order valence-corrected chi connectivity index (χ2v) is 7.94. The Balaban J connectivity index is 1.48. The van der Waals surface area contributed by atoms with E-state index >= 15 is 0 Å². The SMILES string of the molecule is CCOc1ccc2ccccc2c1C(=O)NCC1CCCN(c2nccs2)C1. The average molecular weight is 396 g/mol. The van der Waals surface area contributed by atoms with Gasteiger partial charge in [-0.2, -0.15) is 0 Å². The Bertz CT molecular complexity index is 942. The molecule has 0 spiro atoms. The average Bonchev–Trinajstić information content (AvgIpc) is 3.27. The first-order valence-electron chi connectivity index (χ1n) is 9.83. The molecule has 146 valence electrons. The van der Waals surface area contributed by atoms with Crippen molar-refractivity contribution in [1.82, 2.24) is 10.3 Å². The maximum absolute atomic E-state index is 13.1. The highest BCUT2D eigenvalue weighted by atomic mass is 32.1. The van der Waals surface area contributed by atoms with Crippen molar-refractivity contribution in [3.63, 3.8) is 0 Å². The normalized spacial score (nSPS) is 16.9. The molecule has 0 bridgehead atoms. The Labute approximate surface area is 169 Å². The molecule has 1 aliphatic rings. The summed E-state index contributed by atoms with van der Waals surface area (Å²) in [5, 5.41) is 8.22. The summed E-state index contributed by atoms with van der Waals surface area (Å²) in [7, 11) is 0. The first-order valence-corrected chi connectivity index (χ1v) is 10.7. The third-order valence-electron chi connectivity index (χ3n) is 5.18. The van der Waals surface area contributed by atoms with Gasteiger partial charge in [0.2, 0.25) is 0 Å². The van der Waals surface area contributed by atoms with E-state index in [1.54, 1.807) is 11.3 Å². The van der Waals surface area contributed by atoms with Crippen LogP contribution in [0.2, 0.25) is 0 Å². The number of carbonyl (C=O) groups excluding carboxylic acids is 1. The van der Waals surface area contributed by atoms with E-state index in [0.29, 0.717) is 30.4 Å². The number of nitrogens with zero attached hydrogens (tertiary/aromatic N) is 2. The highest BCUT2D eigenvalue weighted by Crippen LogP contribution is 2.29. The topological polar surface area (TPSA) is 54.5 Å². The lowest BCUT2D eigenvalue weighted by atomic mass is 9.97. The van der Waals surface area contributed by atoms with Gasteiger partial charge in [-0.1, -0.05) is 30.3 Å². The first kappa shape index (κ1) is 18.7. The minimum absolute atomic E-state index is 0.0633. The van der Waals surface area contributed by atoms with Crippen LogP contribution in [0, 0.1) is 5.92 Å². The minimum atomic E-state index is -0.0633. The van der Waals surface area contributed by atoms with Gasteiger partial charge < -0.3 is 15.0 Å². The lowest BCUT2D eigenvalue weighted by Gasteiger charge is -2.32. The van der Waals surface area contributed by atoms with E-state index in [-0.39, 0.29) is 5.91 Å². The number of amides is 1. The Hall–Kier alpha value is -2.60. The van der Waals surface area contributed by atoms with Crippen molar-refractivity contribution in [3.8, 4) is 5.75 Å². The number of hydrogen-bond donors (Lipinski definition) is 1. The van der Waals surface area contributed by atoms with Crippen LogP contribution >= 0.6 is 11.3 Å². The summed E-state index contributed by atoms with van der Waals surface area (Å²) in [5.41, 5.74) is 0.632. The Morgan fingerprint density at radius 2 is 2.21 bits per heavy atom. The van der Waals surface area contributed by atoms with E-state index in [9.17, 15) is 4.79 Å². The summed E-state index contributed by atoms with van der Waals surface area (Å²) in [4.78, 5) is 19.8. The third-order valence-corrected chi connectivity index (χ3v) is 6.01. The van der Waals surface area contributed by atoms with Crippen LogP contribution in [0.15, 0.2) is 48.0 Å². The van der Waals surface area contributed by atoms with E-state index in [1.807, 2.05) is 54.9 Å². The van der Waals surface area contributed by atoms with Crippen LogP contribution < -0.4 is 15.0 Å². The molecule has 4 rings (SSSR count). The highest BCUT2D eigenvalue weighted by molar-refractivity contribution is 7.13. The predicted molar refractivity (Wildman–Crippen MR) is 115 cm³/mol. The largest absolute Gasteiger partial charge is 0.493 e. The molecule has 1 atom stereocenters. The Morgan fingerprint density at radius 3 is 3.04 bits per heavy atom. The van der Waals surface area contributed by atoms with Gasteiger partial charge in [0.15, 0.2) is 5.13 Å². The van der Waals surface area contributed by atoms with Gasteiger partial charge in [0.25, 0.3) is 5.91 Å². The van der Waals surface area contributed by atoms with Crippen LogP contribution in [0.25, 0.3) is 10.8 Å². The summed E-state index contributed by atoms with van der Waals surface area (Å²) < 4.78 is 5.75. The molecular formula is C22H25N3O2S. The fourth-order valence-electron chi connectivity index (χ4n) is 3.86. The fraction of sp³-hybridized carbons (Fsp3) is 0.364. The maximum atomic E-state index is 13.1. The van der Waals surface area contributed by atoms with Gasteiger partial charge in [-0.05, 0) is 42.5 Å². The van der Waals surface area contributed by atoms with Crippen molar-refractivity contribution >= 4 is 33.1 Å². The highest BCUT2D eigenvalue weighted by Gasteiger charge is 2.23. The smallest absolute Gasteiger partial charge is 0.255 e. The van der Waals surface area contributed by atoms with E-state index in [0.717, 1.165) is 41.8 Å². The molecule has 6 heteroatoms. The van der Waals surface area contributed by atoms with Crippen molar-refractivity contribution in [2.45, 2.75) is 19.8 Å². The zero-order valence-electron chi connectivity index (χ0n) is 16.1. The summed E-state index contributed by atoms with van der Waals surface area (Å²) >= 11 is 1.67. The van der Waals surface area contributed by atoms with Crippen LogP contribution in [0.5, 0.6) is 5.75 Å². The van der Waals surface area contributed by atoms with Crippen LogP contribution in [-0.4, -0.2) is 37.1 Å². The lowest BCUT2D eigenvalue weighted by molar-refractivity contribution is 0.0943. The zero-order chi connectivity index (χ0) is 19.3. The molecule has 1 N–H and O–H groups in total. The molecule has 5 nitrogen and oxygen atoms in total. The summed E-state index contributed by atoms with van der Waals surface area (Å²) in [6.07, 6.45) is 4.09. The van der Waals surface area contributed by atoms with Crippen LogP contribution in [0.1, 0.15) is 30.1 Å². The predicted octanol–water partition coefficient (Wildman–Crippen LogP) is 4.34. The minimum Gasteiger partial charge on any atom is -0.493 e. The Morgan fingerprint density at radius 1 is 1.32 bits per heavy atom. The second-order valence-electron chi connectivity index (χ2n) is 7.07. The van der Waals surface area contributed by atoms with Crippen LogP contribution in [-0.2, 0) is 0 Å². The molecule has 1 fully saturated rings. The van der Waals surface area contributed by atoms with E-state index in [2.05, 4.69) is 15.2 Å². The van der Waals surface area contributed by atoms with Gasteiger partial charge in [-0.15, -0.1) is 11.3 Å². The lowest BCUT2D eigenvalue weighted by Crippen LogP contribution is -2.41. The molecule has 1 amide bonds. The van der Waals surface area contributed by atoms with Gasteiger partial charge in [0, 0.05) is 31.2 Å². The van der Waals surface area contributed by atoms with Crippen LogP contribution in [0.3, 0.4) is 0 Å². The number of anilines is 1. The summed E-state index contributed by atoms with van der Waals surface area (Å²) in [6, 6.07) is 11.9. The van der Waals surface area contributed by atoms with E-state index < -0.39 is 0 Å². The molecule has 0 saturated carbocycles. The van der Waals surface area contributed by atoms with Crippen molar-refractivity contribution in [2.75, 3.05) is 31.1 Å².